The van der Waals surface area contributed by atoms with Crippen molar-refractivity contribution in [2.75, 3.05) is 29.4 Å². The number of fused-ring (bicyclic) bond motifs is 2. The Kier molecular flexibility index (Phi) is 2.87. The smallest absolute Gasteiger partial charge is 0.303 e. The quantitative estimate of drug-likeness (QED) is 0.932. The summed E-state index contributed by atoms with van der Waals surface area (Å²) in [6, 6.07) is 4.75. The van der Waals surface area contributed by atoms with Gasteiger partial charge in [0.05, 0.1) is 11.7 Å². The van der Waals surface area contributed by atoms with Gasteiger partial charge in [-0.15, -0.1) is 0 Å². The molecule has 2 saturated heterocycles. The summed E-state index contributed by atoms with van der Waals surface area (Å²) in [7, 11) is 0. The average molecular weight is 326 g/mol. The summed E-state index contributed by atoms with van der Waals surface area (Å²) in [5, 5.41) is 8.98. The average Bonchev–Trinajstić information content (AvgIpc) is 2.98. The van der Waals surface area contributed by atoms with Crippen LogP contribution in [0.5, 0.6) is 0 Å². The number of hydrogen-bond acceptors (Lipinski definition) is 4. The van der Waals surface area contributed by atoms with Crippen molar-refractivity contribution in [1.82, 2.24) is 9.38 Å². The van der Waals surface area contributed by atoms with E-state index in [2.05, 4.69) is 45.7 Å². The van der Waals surface area contributed by atoms with Crippen molar-refractivity contribution >= 4 is 23.1 Å². The Morgan fingerprint density at radius 2 is 2.17 bits per heavy atom. The lowest BCUT2D eigenvalue weighted by atomic mass is 10.1. The Balaban J connectivity index is 1.41. The topological polar surface area (TPSA) is 61.1 Å². The second kappa shape index (κ2) is 4.88. The van der Waals surface area contributed by atoms with Crippen molar-refractivity contribution in [2.45, 2.75) is 25.8 Å². The number of carboxylic acids is 1. The van der Waals surface area contributed by atoms with E-state index in [0.29, 0.717) is 30.2 Å². The zero-order valence-corrected chi connectivity index (χ0v) is 13.8. The molecule has 24 heavy (non-hydrogen) atoms. The van der Waals surface area contributed by atoms with Crippen LogP contribution in [0.3, 0.4) is 0 Å². The predicted molar refractivity (Wildman–Crippen MR) is 91.6 cm³/mol. The van der Waals surface area contributed by atoms with Gasteiger partial charge in [-0.1, -0.05) is 0 Å². The highest BCUT2D eigenvalue weighted by molar-refractivity contribution is 5.73. The summed E-state index contributed by atoms with van der Waals surface area (Å²) in [5.74, 6) is 2.89. The summed E-state index contributed by atoms with van der Waals surface area (Å²) in [6.45, 7) is 5.21. The number of carboxylic acid groups (broad SMARTS) is 1. The predicted octanol–water partition coefficient (Wildman–Crippen LogP) is 2.09. The van der Waals surface area contributed by atoms with E-state index in [1.54, 1.807) is 0 Å². The SMILES string of the molecule is CC1CCN1c1nc(N2CC3C(CC(=O)O)C3C2)cn2cccc12. The molecule has 6 heteroatoms. The molecule has 2 aromatic heterocycles. The molecule has 2 aliphatic heterocycles. The van der Waals surface area contributed by atoms with Crippen molar-refractivity contribution in [3.63, 3.8) is 0 Å². The third-order valence-corrected chi connectivity index (χ3v) is 6.18. The summed E-state index contributed by atoms with van der Waals surface area (Å²) in [4.78, 5) is 20.6. The monoisotopic (exact) mass is 326 g/mol. The van der Waals surface area contributed by atoms with E-state index in [4.69, 9.17) is 10.1 Å². The van der Waals surface area contributed by atoms with Crippen molar-refractivity contribution in [3.05, 3.63) is 24.5 Å². The first kappa shape index (κ1) is 14.1. The Bertz CT molecular complexity index is 804. The van der Waals surface area contributed by atoms with E-state index in [9.17, 15) is 4.79 Å². The van der Waals surface area contributed by atoms with Gasteiger partial charge in [-0.3, -0.25) is 4.79 Å². The Morgan fingerprint density at radius 3 is 2.79 bits per heavy atom. The molecule has 3 aliphatic rings. The van der Waals surface area contributed by atoms with Gasteiger partial charge in [0, 0.05) is 38.3 Å². The van der Waals surface area contributed by atoms with E-state index in [1.165, 1.54) is 11.9 Å². The number of piperidine rings is 1. The second-order valence-electron chi connectivity index (χ2n) is 7.55. The van der Waals surface area contributed by atoms with Gasteiger partial charge in [-0.25, -0.2) is 4.98 Å². The molecule has 0 spiro atoms. The van der Waals surface area contributed by atoms with Crippen LogP contribution in [0.1, 0.15) is 19.8 Å². The molecular weight excluding hydrogens is 304 g/mol. The lowest BCUT2D eigenvalue weighted by Gasteiger charge is -2.40. The van der Waals surface area contributed by atoms with Gasteiger partial charge in [0.1, 0.15) is 5.82 Å². The molecule has 3 atom stereocenters. The molecule has 4 heterocycles. The van der Waals surface area contributed by atoms with Gasteiger partial charge < -0.3 is 19.3 Å². The van der Waals surface area contributed by atoms with E-state index >= 15 is 0 Å². The van der Waals surface area contributed by atoms with Crippen LogP contribution >= 0.6 is 0 Å². The maximum absolute atomic E-state index is 10.9. The van der Waals surface area contributed by atoms with Crippen molar-refractivity contribution in [1.29, 1.82) is 0 Å². The number of aromatic nitrogens is 2. The van der Waals surface area contributed by atoms with Gasteiger partial charge in [-0.05, 0) is 43.2 Å². The fourth-order valence-corrected chi connectivity index (χ4v) is 4.55. The molecule has 0 bridgehead atoms. The van der Waals surface area contributed by atoms with Crippen LogP contribution in [0.15, 0.2) is 24.5 Å². The molecule has 1 saturated carbocycles. The van der Waals surface area contributed by atoms with Crippen molar-refractivity contribution < 1.29 is 9.90 Å². The molecule has 6 nitrogen and oxygen atoms in total. The minimum Gasteiger partial charge on any atom is -0.481 e. The minimum absolute atomic E-state index is 0.323. The number of rotatable bonds is 4. The largest absolute Gasteiger partial charge is 0.481 e. The van der Waals surface area contributed by atoms with Crippen LogP contribution in [-0.4, -0.2) is 46.1 Å². The minimum atomic E-state index is -0.665. The van der Waals surface area contributed by atoms with Crippen LogP contribution in [0.4, 0.5) is 11.6 Å². The van der Waals surface area contributed by atoms with Crippen LogP contribution in [-0.2, 0) is 4.79 Å². The molecule has 1 aliphatic carbocycles. The fourth-order valence-electron chi connectivity index (χ4n) is 4.55. The van der Waals surface area contributed by atoms with Gasteiger partial charge >= 0.3 is 5.97 Å². The fraction of sp³-hybridized carbons (Fsp3) is 0.556. The maximum atomic E-state index is 10.9. The Morgan fingerprint density at radius 1 is 1.38 bits per heavy atom. The number of nitrogens with zero attached hydrogens (tertiary/aromatic N) is 4. The maximum Gasteiger partial charge on any atom is 0.303 e. The van der Waals surface area contributed by atoms with E-state index in [0.717, 1.165) is 31.3 Å². The lowest BCUT2D eigenvalue weighted by Crippen LogP contribution is -2.46. The number of anilines is 2. The van der Waals surface area contributed by atoms with Crippen molar-refractivity contribution in [2.24, 2.45) is 17.8 Å². The van der Waals surface area contributed by atoms with Gasteiger partial charge in [-0.2, -0.15) is 0 Å². The van der Waals surface area contributed by atoms with Crippen molar-refractivity contribution in [3.8, 4) is 0 Å². The summed E-state index contributed by atoms with van der Waals surface area (Å²) in [6.07, 6.45) is 5.74. The van der Waals surface area contributed by atoms with Gasteiger partial charge in [0.25, 0.3) is 0 Å². The molecular formula is C18H22N4O2. The van der Waals surface area contributed by atoms with Gasteiger partial charge in [0.2, 0.25) is 0 Å². The zero-order chi connectivity index (χ0) is 16.4. The second-order valence-corrected chi connectivity index (χ2v) is 7.55. The molecule has 1 N–H and O–H groups in total. The van der Waals surface area contributed by atoms with Crippen LogP contribution in [0.2, 0.25) is 0 Å². The molecule has 0 amide bonds. The number of hydrogen-bond donors (Lipinski definition) is 1. The lowest BCUT2D eigenvalue weighted by molar-refractivity contribution is -0.137. The third-order valence-electron chi connectivity index (χ3n) is 6.18. The van der Waals surface area contributed by atoms with E-state index < -0.39 is 5.97 Å². The molecule has 3 unspecified atom stereocenters. The zero-order valence-electron chi connectivity index (χ0n) is 13.8. The first-order valence-electron chi connectivity index (χ1n) is 8.83. The third kappa shape index (κ3) is 2.01. The summed E-state index contributed by atoms with van der Waals surface area (Å²) in [5.41, 5.74) is 1.17. The Hall–Kier alpha value is -2.24. The molecule has 3 fully saturated rings. The first-order valence-corrected chi connectivity index (χ1v) is 8.83. The van der Waals surface area contributed by atoms with Crippen LogP contribution < -0.4 is 9.80 Å². The highest BCUT2D eigenvalue weighted by Crippen LogP contribution is 2.54. The highest BCUT2D eigenvalue weighted by Gasteiger charge is 2.56. The van der Waals surface area contributed by atoms with Crippen LogP contribution in [0, 0.1) is 17.8 Å². The van der Waals surface area contributed by atoms with E-state index in [-0.39, 0.29) is 0 Å². The summed E-state index contributed by atoms with van der Waals surface area (Å²) < 4.78 is 2.17. The highest BCUT2D eigenvalue weighted by atomic mass is 16.4. The number of carbonyl (C=O) groups is 1. The first-order chi connectivity index (χ1) is 11.6. The molecule has 0 aromatic carbocycles. The number of aliphatic carboxylic acids is 1. The summed E-state index contributed by atoms with van der Waals surface area (Å²) >= 11 is 0. The molecule has 5 rings (SSSR count). The molecule has 126 valence electrons. The van der Waals surface area contributed by atoms with E-state index in [1.807, 2.05) is 0 Å². The normalized spacial score (nSPS) is 31.2. The molecule has 2 aromatic rings. The molecule has 0 radical (unpaired) electrons. The van der Waals surface area contributed by atoms with Crippen LogP contribution in [0.25, 0.3) is 5.52 Å². The van der Waals surface area contributed by atoms with Gasteiger partial charge in [0.15, 0.2) is 5.82 Å². The Labute approximate surface area is 140 Å². The standard InChI is InChI=1S/C18H22N4O2/c1-11-4-6-22(11)18-15-3-2-5-20(15)10-16(19-18)21-8-13-12(7-17(23)24)14(13)9-21/h2-3,5,10-14H,4,6-9H2,1H3,(H,23,24).